The van der Waals surface area contributed by atoms with Gasteiger partial charge < -0.3 is 48.5 Å². The van der Waals surface area contributed by atoms with E-state index in [0.29, 0.717) is 0 Å². The summed E-state index contributed by atoms with van der Waals surface area (Å²) in [5, 5.41) is 5.07. The minimum absolute atomic E-state index is 0. The number of rotatable bonds is 10. The molecule has 0 fully saturated rings. The minimum atomic E-state index is -6.30. The van der Waals surface area contributed by atoms with Crippen molar-refractivity contribution in [3.05, 3.63) is 36.3 Å². The predicted molar refractivity (Wildman–Crippen MR) is 135 cm³/mol. The molecule has 15 nitrogen and oxygen atoms in total. The second kappa shape index (κ2) is 14.5. The number of halogens is 1. The molecule has 19 heteroatoms. The van der Waals surface area contributed by atoms with Crippen LogP contribution < -0.4 is 103 Å². The summed E-state index contributed by atoms with van der Waals surface area (Å²) in [6, 6.07) is 4.60. The second-order valence-electron chi connectivity index (χ2n) is 7.56. The maximum Gasteiger partial charge on any atom is 1.00 e. The van der Waals surface area contributed by atoms with E-state index < -0.39 is 79.8 Å². The molecule has 0 bridgehead atoms. The van der Waals surface area contributed by atoms with Crippen molar-refractivity contribution in [2.45, 2.75) is 19.3 Å². The smallest absolute Gasteiger partial charge is 0.790 e. The third-order valence-electron chi connectivity index (χ3n) is 4.92. The third-order valence-corrected chi connectivity index (χ3v) is 5.22. The second-order valence-corrected chi connectivity index (χ2v) is 8.63. The molecule has 42 heavy (non-hydrogen) atoms. The Labute approximate surface area is 296 Å². The van der Waals surface area contributed by atoms with E-state index in [2.05, 4.69) is 30.1 Å². The minimum Gasteiger partial charge on any atom is -0.790 e. The number of phosphoric acid groups is 1. The largest absolute Gasteiger partial charge is 1.00 e. The summed E-state index contributed by atoms with van der Waals surface area (Å²) in [6.07, 6.45) is -0.947. The number of amides is 1. The van der Waals surface area contributed by atoms with E-state index in [1.54, 1.807) is 0 Å². The van der Waals surface area contributed by atoms with Gasteiger partial charge in [0.2, 0.25) is 11.7 Å². The molecule has 4 rings (SSSR count). The number of hydrogen-bond donors (Lipinski definition) is 2. The van der Waals surface area contributed by atoms with Gasteiger partial charge in [-0.1, -0.05) is 0 Å². The first-order valence-electron chi connectivity index (χ1n) is 15.2. The fourth-order valence-corrected chi connectivity index (χ4v) is 3.44. The first kappa shape index (κ1) is 24.1. The first-order valence-corrected chi connectivity index (χ1v) is 12.1. The molecule has 2 N–H and O–H groups in total. The summed E-state index contributed by atoms with van der Waals surface area (Å²) < 4.78 is 122. The summed E-state index contributed by atoms with van der Waals surface area (Å²) in [5.41, 5.74) is -3.62. The number of aromatic nitrogens is 3. The number of ether oxygens (including phenoxy) is 4. The molecule has 1 amide bonds. The number of fused-ring (bicyclic) bond motifs is 1. The average molecular weight is 633 g/mol. The molecule has 3 aromatic rings. The summed E-state index contributed by atoms with van der Waals surface area (Å²) >= 11 is 0. The Bertz CT molecular complexity index is 1800. The number of pyridine rings is 1. The van der Waals surface area contributed by atoms with Gasteiger partial charge in [0.1, 0.15) is 12.5 Å². The fraction of sp³-hybridized carbons (Fsp3) is 0.304. The van der Waals surface area contributed by atoms with Crippen LogP contribution in [0.4, 0.5) is 33.5 Å². The number of hydrogen-bond acceptors (Lipinski definition) is 14. The van der Waals surface area contributed by atoms with Gasteiger partial charge in [-0.25, -0.2) is 14.4 Å². The molecule has 1 aromatic carbocycles. The average Bonchev–Trinajstić information content (AvgIpc) is 2.96. The Morgan fingerprint density at radius 3 is 2.38 bits per heavy atom. The molecule has 1 aliphatic rings. The van der Waals surface area contributed by atoms with Crippen molar-refractivity contribution >= 4 is 42.8 Å². The molecule has 0 spiro atoms. The van der Waals surface area contributed by atoms with Gasteiger partial charge in [-0.3, -0.25) is 9.69 Å². The van der Waals surface area contributed by atoms with E-state index in [9.17, 15) is 19.1 Å². The van der Waals surface area contributed by atoms with Crippen LogP contribution in [0.25, 0.3) is 0 Å². The Morgan fingerprint density at radius 2 is 1.81 bits per heavy atom. The van der Waals surface area contributed by atoms with Gasteiger partial charge in [0, 0.05) is 26.0 Å². The van der Waals surface area contributed by atoms with Crippen molar-refractivity contribution in [3.63, 3.8) is 0 Å². The number of methoxy groups -OCH3 is 3. The van der Waals surface area contributed by atoms with Crippen LogP contribution >= 0.6 is 7.82 Å². The van der Waals surface area contributed by atoms with Gasteiger partial charge in [-0.15, -0.1) is 0 Å². The SMILES string of the molecule is [2H]c1nc(Nc2cc(OC)c(OC)c(OC)c2)nc(Nc2ccc3c(n2)N(C([2H])([2H])OP(=O)([O-])[O-])C(=O)C(C([2H])([2H])[2H])(C([2H])([2H])[2H])O3)c1F.[Na+].[Na+]. The molecule has 1 aliphatic heterocycles. The quantitative estimate of drug-likeness (QED) is 0.161. The number of nitrogens with one attached hydrogen (secondary N) is 2. The summed E-state index contributed by atoms with van der Waals surface area (Å²) in [5.74, 6) is -6.52. The Morgan fingerprint density at radius 1 is 1.14 bits per heavy atom. The molecule has 0 saturated carbocycles. The van der Waals surface area contributed by atoms with E-state index in [4.69, 9.17) is 31.3 Å². The molecular formula is C23H24FN6Na2O9P. The van der Waals surface area contributed by atoms with Gasteiger partial charge in [0.05, 0.1) is 39.4 Å². The number of anilines is 5. The monoisotopic (exact) mass is 633 g/mol. The number of benzene rings is 1. The number of carbonyl (C=O) groups is 1. The number of carbonyl (C=O) groups excluding carboxylic acids is 1. The molecular weight excluding hydrogens is 600 g/mol. The van der Waals surface area contributed by atoms with Crippen LogP contribution in [-0.4, -0.2) is 54.5 Å². The van der Waals surface area contributed by atoms with Crippen LogP contribution in [-0.2, 0) is 13.9 Å². The van der Waals surface area contributed by atoms with Crippen molar-refractivity contribution < 1.29 is 118 Å². The first-order chi connectivity index (χ1) is 22.5. The zero-order valence-electron chi connectivity index (χ0n) is 31.6. The van der Waals surface area contributed by atoms with Crippen LogP contribution in [0.15, 0.2) is 30.4 Å². The molecule has 0 radical (unpaired) electrons. The van der Waals surface area contributed by atoms with Crippen LogP contribution in [0, 0.1) is 5.82 Å². The molecule has 0 unspecified atom stereocenters. The molecule has 0 saturated heterocycles. The Balaban J connectivity index is 0.00000451. The molecule has 2 aromatic heterocycles. The van der Waals surface area contributed by atoms with Gasteiger partial charge >= 0.3 is 59.1 Å². The van der Waals surface area contributed by atoms with Crippen molar-refractivity contribution in [1.82, 2.24) is 15.0 Å². The van der Waals surface area contributed by atoms with Crippen LogP contribution in [0.2, 0.25) is 0 Å². The predicted octanol–water partition coefficient (Wildman–Crippen LogP) is -4.16. The maximum atomic E-state index is 15.1. The normalized spacial score (nSPS) is 17.6. The summed E-state index contributed by atoms with van der Waals surface area (Å²) in [6.45, 7) is -11.8. The van der Waals surface area contributed by atoms with Gasteiger partial charge in [-0.05, 0) is 25.8 Å². The fourth-order valence-electron chi connectivity index (χ4n) is 3.26. The molecule has 214 valence electrons. The van der Waals surface area contributed by atoms with Gasteiger partial charge in [0.25, 0.3) is 5.91 Å². The van der Waals surface area contributed by atoms with E-state index in [1.165, 1.54) is 33.5 Å². The van der Waals surface area contributed by atoms with Crippen LogP contribution in [0.5, 0.6) is 23.0 Å². The van der Waals surface area contributed by atoms with Gasteiger partial charge in [0.15, 0.2) is 40.3 Å². The molecule has 3 heterocycles. The number of nitrogens with zero attached hydrogens (tertiary/aromatic N) is 4. The van der Waals surface area contributed by atoms with Crippen molar-refractivity contribution in [2.24, 2.45) is 0 Å². The summed E-state index contributed by atoms with van der Waals surface area (Å²) in [4.78, 5) is 47.5. The molecule has 0 aliphatic carbocycles. The van der Waals surface area contributed by atoms with E-state index in [1.807, 2.05) is 0 Å². The zero-order valence-corrected chi connectivity index (χ0v) is 27.5. The van der Waals surface area contributed by atoms with E-state index in [0.717, 1.165) is 12.1 Å². The standard InChI is InChI=1S/C23H26FN6O9P.2Na/c1-23(2)21(31)30(11-38-40(32,33)34)20-14(39-23)6-7-17(28-20)27-19-13(24)10-25-22(29-19)26-12-8-15(35-3)18(37-5)16(9-12)36-4;;/h6-10H,11H2,1-5H3,(H2,32,33,34)(H2,25,26,27,28,29);;/q;2*+1/p-2/i1D3,2D3,10D,11D2;;. The third kappa shape index (κ3) is 8.23. The van der Waals surface area contributed by atoms with Crippen molar-refractivity contribution in [1.29, 1.82) is 0 Å². The van der Waals surface area contributed by atoms with Crippen molar-refractivity contribution in [3.8, 4) is 23.0 Å². The van der Waals surface area contributed by atoms with Crippen molar-refractivity contribution in [2.75, 3.05) is 43.5 Å². The Kier molecular flexibility index (Phi) is 8.32. The van der Waals surface area contributed by atoms with Crippen LogP contribution in [0.3, 0.4) is 0 Å². The maximum absolute atomic E-state index is 15.1. The topological polar surface area (TPSA) is 192 Å². The molecule has 0 atom stereocenters. The van der Waals surface area contributed by atoms with E-state index in [-0.39, 0.29) is 88.0 Å². The van der Waals surface area contributed by atoms with Gasteiger partial charge in [-0.2, -0.15) is 4.98 Å². The Hall–Kier alpha value is -2.24. The zero-order chi connectivity index (χ0) is 36.9. The van der Waals surface area contributed by atoms with Crippen LogP contribution in [0.1, 0.15) is 26.0 Å². The van der Waals surface area contributed by atoms with E-state index >= 15 is 4.39 Å². The summed E-state index contributed by atoms with van der Waals surface area (Å²) in [7, 11) is -2.21. The number of phosphoric ester groups is 1.